The minimum atomic E-state index is -0.354. The average Bonchev–Trinajstić information content (AvgIpc) is 2.55. The Balaban J connectivity index is 2.37. The van der Waals surface area contributed by atoms with Crippen LogP contribution in [-0.4, -0.2) is 18.9 Å². The van der Waals surface area contributed by atoms with Crippen molar-refractivity contribution >= 4 is 23.2 Å². The number of hydrogen-bond acceptors (Lipinski definition) is 3. The van der Waals surface area contributed by atoms with Gasteiger partial charge in [-0.05, 0) is 25.1 Å². The van der Waals surface area contributed by atoms with Gasteiger partial charge in [0.15, 0.2) is 0 Å². The summed E-state index contributed by atoms with van der Waals surface area (Å²) in [5, 5.41) is 4.17. The van der Waals surface area contributed by atoms with Crippen LogP contribution in [0.4, 0.5) is 11.4 Å². The van der Waals surface area contributed by atoms with Gasteiger partial charge in [0.2, 0.25) is 0 Å². The van der Waals surface area contributed by atoms with E-state index in [1.165, 1.54) is 7.11 Å². The van der Waals surface area contributed by atoms with E-state index in [4.69, 9.17) is 0 Å². The third-order valence-corrected chi connectivity index (χ3v) is 1.96. The van der Waals surface area contributed by atoms with E-state index in [1.807, 2.05) is 6.92 Å². The summed E-state index contributed by atoms with van der Waals surface area (Å²) < 4.78 is 4.60. The lowest BCUT2D eigenvalue weighted by atomic mass is 10.2. The molecule has 0 aromatic heterocycles. The first-order chi connectivity index (χ1) is 6.70. The molecule has 0 unspecified atom stereocenters. The van der Waals surface area contributed by atoms with Crippen LogP contribution in [0.15, 0.2) is 23.2 Å². The highest BCUT2D eigenvalue weighted by Crippen LogP contribution is 2.31. The second-order valence-corrected chi connectivity index (χ2v) is 2.97. The lowest BCUT2D eigenvalue weighted by Gasteiger charge is -2.00. The lowest BCUT2D eigenvalue weighted by molar-refractivity contribution is 0.0601. The number of benzene rings is 1. The van der Waals surface area contributed by atoms with Crippen molar-refractivity contribution in [2.75, 3.05) is 7.11 Å². The maximum absolute atomic E-state index is 11.2. The molecule has 1 aromatic rings. The van der Waals surface area contributed by atoms with E-state index in [1.54, 1.807) is 18.2 Å². The van der Waals surface area contributed by atoms with E-state index in [-0.39, 0.29) is 5.97 Å². The summed E-state index contributed by atoms with van der Waals surface area (Å²) in [6, 6.07) is 5.13. The number of fused-ring (bicyclic) bond motifs is 1. The Morgan fingerprint density at radius 2 is 2.14 bits per heavy atom. The molecule has 0 atom stereocenters. The molecule has 0 saturated carbocycles. The van der Waals surface area contributed by atoms with Crippen molar-refractivity contribution in [1.82, 2.24) is 5.32 Å². The molecule has 0 fully saturated rings. The molecule has 14 heavy (non-hydrogen) atoms. The molecule has 2 rings (SSSR count). The molecule has 4 nitrogen and oxygen atoms in total. The zero-order valence-electron chi connectivity index (χ0n) is 7.94. The van der Waals surface area contributed by atoms with Crippen molar-refractivity contribution in [3.8, 4) is 0 Å². The normalized spacial score (nSPS) is 12.9. The van der Waals surface area contributed by atoms with E-state index >= 15 is 0 Å². The third-order valence-electron chi connectivity index (χ3n) is 1.96. The lowest BCUT2D eigenvalue weighted by Crippen LogP contribution is -2.02. The summed E-state index contributed by atoms with van der Waals surface area (Å²) >= 11 is 0. The summed E-state index contributed by atoms with van der Waals surface area (Å²) in [6.07, 6.45) is 0. The molecule has 1 aliphatic rings. The SMILES string of the molecule is COC(=O)c1ccc2c(c1)[N]C(C)=N2. The third kappa shape index (κ3) is 1.35. The first-order valence-corrected chi connectivity index (χ1v) is 4.20. The van der Waals surface area contributed by atoms with Gasteiger partial charge in [0.05, 0.1) is 24.0 Å². The fourth-order valence-corrected chi connectivity index (χ4v) is 1.33. The summed E-state index contributed by atoms with van der Waals surface area (Å²) in [5.41, 5.74) is 2.03. The number of carbonyl (C=O) groups excluding carboxylic acids is 1. The zero-order valence-corrected chi connectivity index (χ0v) is 7.94. The van der Waals surface area contributed by atoms with E-state index in [2.05, 4.69) is 15.0 Å². The fraction of sp³-hybridized carbons (Fsp3) is 0.200. The number of amidine groups is 1. The van der Waals surface area contributed by atoms with Crippen LogP contribution in [0.5, 0.6) is 0 Å². The van der Waals surface area contributed by atoms with E-state index in [9.17, 15) is 4.79 Å². The molecule has 0 saturated heterocycles. The quantitative estimate of drug-likeness (QED) is 0.632. The number of aliphatic imine (C=N–C) groups is 1. The molecule has 0 spiro atoms. The second-order valence-electron chi connectivity index (χ2n) is 2.97. The van der Waals surface area contributed by atoms with E-state index in [0.717, 1.165) is 11.4 Å². The first-order valence-electron chi connectivity index (χ1n) is 4.20. The number of hydrogen-bond donors (Lipinski definition) is 0. The van der Waals surface area contributed by atoms with Gasteiger partial charge in [-0.25, -0.2) is 15.1 Å². The van der Waals surface area contributed by atoms with Crippen molar-refractivity contribution < 1.29 is 9.53 Å². The topological polar surface area (TPSA) is 52.8 Å². The molecule has 0 amide bonds. The van der Waals surface area contributed by atoms with Crippen LogP contribution in [-0.2, 0) is 4.74 Å². The van der Waals surface area contributed by atoms with Gasteiger partial charge in [-0.1, -0.05) is 0 Å². The highest BCUT2D eigenvalue weighted by atomic mass is 16.5. The Bertz CT molecular complexity index is 424. The molecule has 0 bridgehead atoms. The van der Waals surface area contributed by atoms with Crippen LogP contribution in [0, 0.1) is 0 Å². The van der Waals surface area contributed by atoms with Gasteiger partial charge in [-0.3, -0.25) is 0 Å². The monoisotopic (exact) mass is 189 g/mol. The largest absolute Gasteiger partial charge is 0.465 e. The van der Waals surface area contributed by atoms with Gasteiger partial charge in [-0.2, -0.15) is 0 Å². The van der Waals surface area contributed by atoms with E-state index in [0.29, 0.717) is 11.4 Å². The fourth-order valence-electron chi connectivity index (χ4n) is 1.33. The first kappa shape index (κ1) is 8.74. The molecule has 1 heterocycles. The molecule has 0 N–H and O–H groups in total. The average molecular weight is 189 g/mol. The Morgan fingerprint density at radius 3 is 2.86 bits per heavy atom. The van der Waals surface area contributed by atoms with Gasteiger partial charge in [-0.15, -0.1) is 0 Å². The molecule has 1 aliphatic heterocycles. The highest BCUT2D eigenvalue weighted by Gasteiger charge is 2.15. The molecule has 1 aromatic carbocycles. The van der Waals surface area contributed by atoms with Crippen molar-refractivity contribution in [3.63, 3.8) is 0 Å². The molecule has 71 valence electrons. The number of esters is 1. The Hall–Kier alpha value is -1.84. The molecule has 4 heteroatoms. The number of rotatable bonds is 1. The van der Waals surface area contributed by atoms with Crippen molar-refractivity contribution in [3.05, 3.63) is 23.8 Å². The van der Waals surface area contributed by atoms with Crippen LogP contribution >= 0.6 is 0 Å². The standard InChI is InChI=1S/C10H9N2O2/c1-6-11-8-4-3-7(10(13)14-2)5-9(8)12-6/h3-5H,1-2H3. The van der Waals surface area contributed by atoms with Crippen LogP contribution in [0.3, 0.4) is 0 Å². The molecular weight excluding hydrogens is 180 g/mol. The van der Waals surface area contributed by atoms with Gasteiger partial charge >= 0.3 is 5.97 Å². The van der Waals surface area contributed by atoms with Gasteiger partial charge in [0.25, 0.3) is 0 Å². The van der Waals surface area contributed by atoms with Gasteiger partial charge in [0, 0.05) is 0 Å². The van der Waals surface area contributed by atoms with Gasteiger partial charge in [0.1, 0.15) is 5.84 Å². The maximum Gasteiger partial charge on any atom is 0.337 e. The Labute approximate surface area is 81.6 Å². The van der Waals surface area contributed by atoms with Crippen molar-refractivity contribution in [1.29, 1.82) is 0 Å². The van der Waals surface area contributed by atoms with Crippen LogP contribution in [0.25, 0.3) is 0 Å². The van der Waals surface area contributed by atoms with Crippen molar-refractivity contribution in [2.45, 2.75) is 6.92 Å². The smallest absolute Gasteiger partial charge is 0.337 e. The van der Waals surface area contributed by atoms with Crippen LogP contribution in [0.2, 0.25) is 0 Å². The summed E-state index contributed by atoms with van der Waals surface area (Å²) in [6.45, 7) is 1.82. The number of methoxy groups -OCH3 is 1. The second kappa shape index (κ2) is 3.14. The zero-order chi connectivity index (χ0) is 10.1. The van der Waals surface area contributed by atoms with Crippen LogP contribution in [0.1, 0.15) is 17.3 Å². The number of nitrogens with zero attached hydrogens (tertiary/aromatic N) is 2. The Kier molecular flexibility index (Phi) is 1.96. The number of carbonyl (C=O) groups is 1. The predicted octanol–water partition coefficient (Wildman–Crippen LogP) is 1.77. The molecular formula is C10H9N2O2. The van der Waals surface area contributed by atoms with Crippen molar-refractivity contribution in [2.24, 2.45) is 4.99 Å². The molecule has 0 aliphatic carbocycles. The maximum atomic E-state index is 11.2. The highest BCUT2D eigenvalue weighted by molar-refractivity contribution is 5.98. The minimum Gasteiger partial charge on any atom is -0.465 e. The minimum absolute atomic E-state index is 0.354. The summed E-state index contributed by atoms with van der Waals surface area (Å²) in [4.78, 5) is 15.4. The predicted molar refractivity (Wildman–Crippen MR) is 52.3 cm³/mol. The Morgan fingerprint density at radius 1 is 1.36 bits per heavy atom. The summed E-state index contributed by atoms with van der Waals surface area (Å²) in [5.74, 6) is 0.356. The van der Waals surface area contributed by atoms with Gasteiger partial charge < -0.3 is 4.74 Å². The molecule has 1 radical (unpaired) electrons. The summed E-state index contributed by atoms with van der Waals surface area (Å²) in [7, 11) is 1.36. The van der Waals surface area contributed by atoms with Crippen LogP contribution < -0.4 is 5.32 Å². The van der Waals surface area contributed by atoms with E-state index < -0.39 is 0 Å². The number of ether oxygens (including phenoxy) is 1.